The molecule has 0 atom stereocenters. The molecule has 0 aliphatic carbocycles. The standard InChI is InChI=1S/C38H32N4O.Pd/c1-4-5-17-35-38(28-12-7-6-8-13-28)27(3)40-42(35)29-14-11-15-30(24-29)43-31-19-20-33-32-16-9-10-18-34(32)41(36(33)25-31)37-23-26(2)21-22-39-37;/h6-16,18-23H,4-5,17H2,1-3H3;/q-2;+2. The molecule has 0 saturated heterocycles. The predicted molar refractivity (Wildman–Crippen MR) is 173 cm³/mol. The van der Waals surface area contributed by atoms with E-state index in [1.54, 1.807) is 0 Å². The Morgan fingerprint density at radius 2 is 1.59 bits per heavy atom. The van der Waals surface area contributed by atoms with Crippen molar-refractivity contribution in [1.29, 1.82) is 0 Å². The molecule has 3 aromatic heterocycles. The Morgan fingerprint density at radius 1 is 0.795 bits per heavy atom. The van der Waals surface area contributed by atoms with Gasteiger partial charge in [0.15, 0.2) is 0 Å². The van der Waals surface area contributed by atoms with Crippen molar-refractivity contribution in [3.05, 3.63) is 132 Å². The normalized spacial score (nSPS) is 11.2. The molecule has 0 unspecified atom stereocenters. The molecular formula is C38H32N4OPd. The number of pyridine rings is 1. The van der Waals surface area contributed by atoms with Crippen molar-refractivity contribution in [2.75, 3.05) is 0 Å². The quantitative estimate of drug-likeness (QED) is 0.120. The molecule has 0 fully saturated rings. The average molecular weight is 667 g/mol. The summed E-state index contributed by atoms with van der Waals surface area (Å²) in [6.45, 7) is 6.39. The van der Waals surface area contributed by atoms with Crippen LogP contribution in [-0.2, 0) is 26.8 Å². The first-order chi connectivity index (χ1) is 21.1. The second-order valence-corrected chi connectivity index (χ2v) is 10.9. The number of nitrogens with zero attached hydrogens (tertiary/aromatic N) is 4. The van der Waals surface area contributed by atoms with Crippen LogP contribution in [0.15, 0.2) is 103 Å². The molecule has 220 valence electrons. The first-order valence-electron chi connectivity index (χ1n) is 14.8. The summed E-state index contributed by atoms with van der Waals surface area (Å²) in [6, 6.07) is 40.1. The van der Waals surface area contributed by atoms with Gasteiger partial charge in [0.1, 0.15) is 5.82 Å². The molecule has 0 amide bonds. The van der Waals surface area contributed by atoms with Crippen LogP contribution in [0.5, 0.6) is 11.5 Å². The molecule has 3 heterocycles. The zero-order chi connectivity index (χ0) is 29.3. The van der Waals surface area contributed by atoms with Crippen LogP contribution in [0.4, 0.5) is 0 Å². The largest absolute Gasteiger partial charge is 2.00 e. The van der Waals surface area contributed by atoms with Gasteiger partial charge in [-0.25, -0.2) is 4.98 Å². The Hall–Kier alpha value is -4.50. The smallest absolute Gasteiger partial charge is 0.509 e. The van der Waals surface area contributed by atoms with Gasteiger partial charge in [-0.15, -0.1) is 35.7 Å². The van der Waals surface area contributed by atoms with Crippen LogP contribution in [0.2, 0.25) is 0 Å². The number of unbranched alkanes of at least 4 members (excludes halogenated alkanes) is 1. The predicted octanol–water partition coefficient (Wildman–Crippen LogP) is 9.38. The molecule has 4 aromatic carbocycles. The van der Waals surface area contributed by atoms with Gasteiger partial charge >= 0.3 is 20.4 Å². The summed E-state index contributed by atoms with van der Waals surface area (Å²) < 4.78 is 10.6. The molecule has 7 aromatic rings. The fourth-order valence-corrected chi connectivity index (χ4v) is 5.88. The number of fused-ring (bicyclic) bond motifs is 3. The summed E-state index contributed by atoms with van der Waals surface area (Å²) in [5, 5.41) is 7.24. The molecule has 0 spiro atoms. The number of rotatable bonds is 8. The minimum Gasteiger partial charge on any atom is -0.509 e. The van der Waals surface area contributed by atoms with Gasteiger partial charge in [0.2, 0.25) is 0 Å². The summed E-state index contributed by atoms with van der Waals surface area (Å²) in [5.74, 6) is 2.08. The number of para-hydroxylation sites is 1. The van der Waals surface area contributed by atoms with Crippen LogP contribution in [0.1, 0.15) is 36.7 Å². The maximum Gasteiger partial charge on any atom is 2.00 e. The minimum atomic E-state index is 0. The van der Waals surface area contributed by atoms with Crippen LogP contribution < -0.4 is 4.74 Å². The second kappa shape index (κ2) is 12.6. The van der Waals surface area contributed by atoms with E-state index in [1.165, 1.54) is 16.8 Å². The number of hydrogen-bond acceptors (Lipinski definition) is 3. The van der Waals surface area contributed by atoms with Crippen LogP contribution in [0.25, 0.3) is 44.4 Å². The van der Waals surface area contributed by atoms with E-state index in [9.17, 15) is 0 Å². The van der Waals surface area contributed by atoms with Crippen molar-refractivity contribution in [2.24, 2.45) is 0 Å². The maximum absolute atomic E-state index is 6.42. The Bertz CT molecular complexity index is 2080. The average Bonchev–Trinajstić information content (AvgIpc) is 3.54. The molecule has 0 aliphatic heterocycles. The summed E-state index contributed by atoms with van der Waals surface area (Å²) >= 11 is 0. The van der Waals surface area contributed by atoms with Gasteiger partial charge in [-0.3, -0.25) is 4.68 Å². The Kier molecular flexibility index (Phi) is 8.48. The van der Waals surface area contributed by atoms with E-state index in [0.29, 0.717) is 11.5 Å². The van der Waals surface area contributed by atoms with Crippen molar-refractivity contribution >= 4 is 21.8 Å². The molecular weight excluding hydrogens is 635 g/mol. The van der Waals surface area contributed by atoms with Crippen LogP contribution >= 0.6 is 0 Å². The Labute approximate surface area is 271 Å². The van der Waals surface area contributed by atoms with Gasteiger partial charge in [0.05, 0.1) is 5.69 Å². The molecule has 44 heavy (non-hydrogen) atoms. The molecule has 0 aliphatic rings. The molecule has 0 saturated carbocycles. The van der Waals surface area contributed by atoms with Crippen molar-refractivity contribution in [1.82, 2.24) is 19.3 Å². The van der Waals surface area contributed by atoms with Gasteiger partial charge in [0, 0.05) is 34.5 Å². The molecule has 0 N–H and O–H groups in total. The third-order valence-electron chi connectivity index (χ3n) is 7.87. The number of hydrogen-bond donors (Lipinski definition) is 0. The summed E-state index contributed by atoms with van der Waals surface area (Å²) in [4.78, 5) is 4.69. The van der Waals surface area contributed by atoms with E-state index < -0.39 is 0 Å². The molecule has 0 radical (unpaired) electrons. The molecule has 5 nitrogen and oxygen atoms in total. The van der Waals surface area contributed by atoms with Gasteiger partial charge in [-0.2, -0.15) is 17.2 Å². The molecule has 6 heteroatoms. The number of aryl methyl sites for hydroxylation is 2. The van der Waals surface area contributed by atoms with Crippen molar-refractivity contribution in [3.8, 4) is 34.1 Å². The van der Waals surface area contributed by atoms with Gasteiger partial charge < -0.3 is 9.30 Å². The first kappa shape index (κ1) is 29.6. The van der Waals surface area contributed by atoms with Gasteiger partial charge in [-0.1, -0.05) is 67.4 Å². The second-order valence-electron chi connectivity index (χ2n) is 10.9. The van der Waals surface area contributed by atoms with Crippen molar-refractivity contribution < 1.29 is 25.2 Å². The third-order valence-corrected chi connectivity index (χ3v) is 7.87. The third kappa shape index (κ3) is 5.48. The number of ether oxygens (including phenoxy) is 1. The van der Waals surface area contributed by atoms with E-state index in [0.717, 1.165) is 63.8 Å². The molecule has 7 rings (SSSR count). The Morgan fingerprint density at radius 3 is 2.41 bits per heavy atom. The maximum atomic E-state index is 6.42. The number of aromatic nitrogens is 4. The van der Waals surface area contributed by atoms with E-state index in [1.807, 2.05) is 41.2 Å². The summed E-state index contributed by atoms with van der Waals surface area (Å²) in [7, 11) is 0. The fraction of sp³-hybridized carbons (Fsp3) is 0.158. The van der Waals surface area contributed by atoms with Crippen molar-refractivity contribution in [2.45, 2.75) is 40.0 Å². The summed E-state index contributed by atoms with van der Waals surface area (Å²) in [6.07, 6.45) is 4.97. The van der Waals surface area contributed by atoms with Crippen LogP contribution in [0, 0.1) is 26.0 Å². The van der Waals surface area contributed by atoms with Crippen molar-refractivity contribution in [3.63, 3.8) is 0 Å². The van der Waals surface area contributed by atoms with Gasteiger partial charge in [-0.05, 0) is 67.1 Å². The Balaban J connectivity index is 0.00000343. The fourth-order valence-electron chi connectivity index (χ4n) is 5.88. The minimum absolute atomic E-state index is 0. The first-order valence-corrected chi connectivity index (χ1v) is 14.8. The zero-order valence-electron chi connectivity index (χ0n) is 24.9. The number of benzene rings is 4. The summed E-state index contributed by atoms with van der Waals surface area (Å²) in [5.41, 5.74) is 8.60. The zero-order valence-corrected chi connectivity index (χ0v) is 26.5. The monoisotopic (exact) mass is 666 g/mol. The van der Waals surface area contributed by atoms with E-state index in [-0.39, 0.29) is 20.4 Å². The van der Waals surface area contributed by atoms with Gasteiger partial charge in [0.25, 0.3) is 0 Å². The van der Waals surface area contributed by atoms with Crippen LogP contribution in [0.3, 0.4) is 0 Å². The topological polar surface area (TPSA) is 44.9 Å². The SMILES string of the molecule is CCCCc1c(-c2ccccc2)c(C)nn1-c1[c-]c(Oc2[c-]c3c(cc2)c2ccccc2n3-c2cc(C)ccn2)ccc1.[Pd+2]. The van der Waals surface area contributed by atoms with E-state index in [2.05, 4.69) is 109 Å². The van der Waals surface area contributed by atoms with E-state index in [4.69, 9.17) is 9.84 Å². The van der Waals surface area contributed by atoms with Crippen LogP contribution in [-0.4, -0.2) is 19.3 Å². The molecule has 0 bridgehead atoms. The van der Waals surface area contributed by atoms with E-state index >= 15 is 0 Å².